The van der Waals surface area contributed by atoms with Gasteiger partial charge in [0, 0.05) is 5.56 Å². The zero-order chi connectivity index (χ0) is 21.2. The molecular formula is C24H23N3O3. The fraction of sp³-hybridized carbons (Fsp3) is 0.125. The van der Waals surface area contributed by atoms with Crippen molar-refractivity contribution in [1.82, 2.24) is 10.7 Å². The Labute approximate surface area is 175 Å². The molecule has 0 spiro atoms. The molecule has 3 rings (SSSR count). The first-order valence-corrected chi connectivity index (χ1v) is 9.54. The third-order valence-electron chi connectivity index (χ3n) is 4.25. The van der Waals surface area contributed by atoms with Crippen molar-refractivity contribution in [3.05, 3.63) is 101 Å². The molecule has 152 valence electrons. The molecule has 0 fully saturated rings. The van der Waals surface area contributed by atoms with E-state index < -0.39 is 5.91 Å². The molecule has 6 heteroatoms. The molecule has 0 aliphatic carbocycles. The Bertz CT molecular complexity index is 998. The van der Waals surface area contributed by atoms with Crippen LogP contribution in [0, 0.1) is 6.92 Å². The zero-order valence-corrected chi connectivity index (χ0v) is 16.7. The summed E-state index contributed by atoms with van der Waals surface area (Å²) in [4.78, 5) is 23.8. The Morgan fingerprint density at radius 2 is 1.63 bits per heavy atom. The van der Waals surface area contributed by atoms with Crippen molar-refractivity contribution in [2.75, 3.05) is 6.54 Å². The number of nitrogens with zero attached hydrogens (tertiary/aromatic N) is 1. The van der Waals surface area contributed by atoms with Crippen LogP contribution in [0.3, 0.4) is 0 Å². The number of carbonyl (C=O) groups is 2. The minimum Gasteiger partial charge on any atom is -0.489 e. The highest BCUT2D eigenvalue weighted by molar-refractivity contribution is 5.96. The molecule has 2 N–H and O–H groups in total. The van der Waals surface area contributed by atoms with Gasteiger partial charge in [-0.15, -0.1) is 0 Å². The molecule has 0 aliphatic rings. The number of carbonyl (C=O) groups excluding carboxylic acids is 2. The summed E-state index contributed by atoms with van der Waals surface area (Å²) >= 11 is 0. The van der Waals surface area contributed by atoms with Crippen molar-refractivity contribution in [2.45, 2.75) is 13.5 Å². The van der Waals surface area contributed by atoms with E-state index in [1.807, 2.05) is 73.7 Å². The van der Waals surface area contributed by atoms with Gasteiger partial charge in [-0.3, -0.25) is 9.59 Å². The molecule has 0 aromatic heterocycles. The molecule has 0 heterocycles. The summed E-state index contributed by atoms with van der Waals surface area (Å²) in [6, 6.07) is 24.4. The lowest BCUT2D eigenvalue weighted by atomic mass is 10.1. The van der Waals surface area contributed by atoms with E-state index in [0.717, 1.165) is 22.4 Å². The van der Waals surface area contributed by atoms with Crippen LogP contribution in [0.25, 0.3) is 0 Å². The second kappa shape index (κ2) is 10.6. The van der Waals surface area contributed by atoms with Crippen LogP contribution in [-0.2, 0) is 11.4 Å². The molecule has 3 aromatic rings. The topological polar surface area (TPSA) is 79.8 Å². The number of nitrogens with one attached hydrogen (secondary N) is 2. The standard InChI is InChI=1S/C24H23N3O3/c1-18-7-11-21(12-8-18)24(29)25-16-23(28)27-26-15-19-9-13-22(14-10-19)30-17-20-5-3-2-4-6-20/h2-15H,16-17H2,1H3,(H,25,29)(H,27,28)/b26-15-. The van der Waals surface area contributed by atoms with Gasteiger partial charge in [-0.2, -0.15) is 5.10 Å². The fourth-order valence-corrected chi connectivity index (χ4v) is 2.58. The highest BCUT2D eigenvalue weighted by Crippen LogP contribution is 2.13. The number of hydrogen-bond acceptors (Lipinski definition) is 4. The second-order valence-electron chi connectivity index (χ2n) is 6.69. The predicted octanol–water partition coefficient (Wildman–Crippen LogP) is 3.45. The largest absolute Gasteiger partial charge is 0.489 e. The minimum absolute atomic E-state index is 0.156. The molecule has 0 atom stereocenters. The van der Waals surface area contributed by atoms with Gasteiger partial charge in [0.2, 0.25) is 0 Å². The second-order valence-corrected chi connectivity index (χ2v) is 6.69. The summed E-state index contributed by atoms with van der Waals surface area (Å²) < 4.78 is 5.73. The first kappa shape index (κ1) is 20.8. The smallest absolute Gasteiger partial charge is 0.259 e. The van der Waals surface area contributed by atoms with Gasteiger partial charge in [-0.05, 0) is 54.4 Å². The van der Waals surface area contributed by atoms with E-state index in [1.165, 1.54) is 6.21 Å². The average molecular weight is 401 g/mol. The molecule has 6 nitrogen and oxygen atoms in total. The normalized spacial score (nSPS) is 10.6. The van der Waals surface area contributed by atoms with Crippen molar-refractivity contribution < 1.29 is 14.3 Å². The quantitative estimate of drug-likeness (QED) is 0.448. The fourth-order valence-electron chi connectivity index (χ4n) is 2.58. The zero-order valence-electron chi connectivity index (χ0n) is 16.7. The Hall–Kier alpha value is -3.93. The van der Waals surface area contributed by atoms with Gasteiger partial charge >= 0.3 is 0 Å². The van der Waals surface area contributed by atoms with E-state index in [9.17, 15) is 9.59 Å². The molecule has 0 aliphatic heterocycles. The Balaban J connectivity index is 1.40. The Kier molecular flexibility index (Phi) is 7.33. The first-order chi connectivity index (χ1) is 14.6. The van der Waals surface area contributed by atoms with Crippen LogP contribution in [0.2, 0.25) is 0 Å². The maximum Gasteiger partial charge on any atom is 0.259 e. The number of amides is 2. The summed E-state index contributed by atoms with van der Waals surface area (Å²) in [5, 5.41) is 6.47. The van der Waals surface area contributed by atoms with Crippen molar-refractivity contribution >= 4 is 18.0 Å². The van der Waals surface area contributed by atoms with Gasteiger partial charge in [0.25, 0.3) is 11.8 Å². The van der Waals surface area contributed by atoms with Crippen LogP contribution in [0.15, 0.2) is 84.0 Å². The third kappa shape index (κ3) is 6.60. The predicted molar refractivity (Wildman–Crippen MR) is 116 cm³/mol. The van der Waals surface area contributed by atoms with E-state index in [2.05, 4.69) is 15.8 Å². The van der Waals surface area contributed by atoms with Gasteiger partial charge < -0.3 is 10.1 Å². The van der Waals surface area contributed by atoms with Crippen LogP contribution in [-0.4, -0.2) is 24.6 Å². The van der Waals surface area contributed by atoms with Crippen molar-refractivity contribution in [3.63, 3.8) is 0 Å². The van der Waals surface area contributed by atoms with E-state index in [0.29, 0.717) is 12.2 Å². The average Bonchev–Trinajstić information content (AvgIpc) is 2.78. The van der Waals surface area contributed by atoms with E-state index in [-0.39, 0.29) is 12.5 Å². The van der Waals surface area contributed by atoms with Gasteiger partial charge in [-0.1, -0.05) is 48.0 Å². The SMILES string of the molecule is Cc1ccc(C(=O)NCC(=O)N/N=C\c2ccc(OCc3ccccc3)cc2)cc1. The van der Waals surface area contributed by atoms with Gasteiger partial charge in [-0.25, -0.2) is 5.43 Å². The lowest BCUT2D eigenvalue weighted by Crippen LogP contribution is -2.34. The van der Waals surface area contributed by atoms with Gasteiger partial charge in [0.05, 0.1) is 12.8 Å². The number of benzene rings is 3. The summed E-state index contributed by atoms with van der Waals surface area (Å²) in [5.41, 5.74) is 5.87. The monoisotopic (exact) mass is 401 g/mol. The lowest BCUT2D eigenvalue weighted by Gasteiger charge is -2.06. The summed E-state index contributed by atoms with van der Waals surface area (Å²) in [7, 11) is 0. The molecule has 0 saturated carbocycles. The highest BCUT2D eigenvalue weighted by Gasteiger charge is 2.07. The van der Waals surface area contributed by atoms with Crippen LogP contribution in [0.5, 0.6) is 5.75 Å². The maximum absolute atomic E-state index is 12.0. The van der Waals surface area contributed by atoms with E-state index in [1.54, 1.807) is 12.1 Å². The number of ether oxygens (including phenoxy) is 1. The van der Waals surface area contributed by atoms with Crippen LogP contribution < -0.4 is 15.5 Å². The van der Waals surface area contributed by atoms with E-state index in [4.69, 9.17) is 4.74 Å². The lowest BCUT2D eigenvalue weighted by molar-refractivity contribution is -0.120. The van der Waals surface area contributed by atoms with Crippen LogP contribution in [0.1, 0.15) is 27.0 Å². The summed E-state index contributed by atoms with van der Waals surface area (Å²) in [6.07, 6.45) is 1.53. The van der Waals surface area contributed by atoms with Crippen molar-refractivity contribution in [1.29, 1.82) is 0 Å². The number of hydrogen-bond donors (Lipinski definition) is 2. The molecule has 0 unspecified atom stereocenters. The first-order valence-electron chi connectivity index (χ1n) is 9.54. The number of rotatable bonds is 8. The molecule has 3 aromatic carbocycles. The van der Waals surface area contributed by atoms with Crippen LogP contribution >= 0.6 is 0 Å². The third-order valence-corrected chi connectivity index (χ3v) is 4.25. The summed E-state index contributed by atoms with van der Waals surface area (Å²) in [6.45, 7) is 2.29. The Morgan fingerprint density at radius 1 is 0.933 bits per heavy atom. The van der Waals surface area contributed by atoms with Crippen molar-refractivity contribution in [2.24, 2.45) is 5.10 Å². The molecular weight excluding hydrogens is 378 g/mol. The van der Waals surface area contributed by atoms with E-state index >= 15 is 0 Å². The van der Waals surface area contributed by atoms with Crippen molar-refractivity contribution in [3.8, 4) is 5.75 Å². The molecule has 2 amide bonds. The van der Waals surface area contributed by atoms with Crippen LogP contribution in [0.4, 0.5) is 0 Å². The number of hydrazone groups is 1. The Morgan fingerprint density at radius 3 is 2.33 bits per heavy atom. The molecule has 30 heavy (non-hydrogen) atoms. The highest BCUT2D eigenvalue weighted by atomic mass is 16.5. The summed E-state index contributed by atoms with van der Waals surface area (Å²) in [5.74, 6) is 0.0357. The molecule has 0 bridgehead atoms. The molecule has 0 saturated heterocycles. The minimum atomic E-state index is -0.408. The molecule has 0 radical (unpaired) electrons. The number of aryl methyl sites for hydroxylation is 1. The maximum atomic E-state index is 12.0. The van der Waals surface area contributed by atoms with Gasteiger partial charge in [0.1, 0.15) is 12.4 Å². The van der Waals surface area contributed by atoms with Gasteiger partial charge in [0.15, 0.2) is 0 Å².